The van der Waals surface area contributed by atoms with Crippen LogP contribution >= 0.6 is 11.6 Å². The minimum atomic E-state index is -0.659. The van der Waals surface area contributed by atoms with E-state index in [1.807, 2.05) is 56.3 Å². The average Bonchev–Trinajstić information content (AvgIpc) is 2.55. The number of hydrogen-bond acceptors (Lipinski definition) is 2. The van der Waals surface area contributed by atoms with Crippen LogP contribution in [0, 0.1) is 6.92 Å². The molecule has 2 rings (SSSR count). The zero-order valence-corrected chi connectivity index (χ0v) is 14.3. The second kappa shape index (κ2) is 7.49. The molecule has 2 amide bonds. The van der Waals surface area contributed by atoms with Gasteiger partial charge < -0.3 is 15.4 Å². The molecule has 0 bridgehead atoms. The van der Waals surface area contributed by atoms with Crippen LogP contribution in [-0.4, -0.2) is 19.7 Å². The molecule has 1 atom stereocenters. The van der Waals surface area contributed by atoms with Gasteiger partial charge in [-0.25, -0.2) is 4.79 Å². The van der Waals surface area contributed by atoms with Crippen molar-refractivity contribution in [2.75, 3.05) is 19.0 Å². The molecule has 122 valence electrons. The molecular weight excluding hydrogens is 312 g/mol. The zero-order chi connectivity index (χ0) is 16.9. The minimum absolute atomic E-state index is 0.274. The Morgan fingerprint density at radius 3 is 2.61 bits per heavy atom. The van der Waals surface area contributed by atoms with E-state index in [0.717, 1.165) is 16.8 Å². The second-order valence-electron chi connectivity index (χ2n) is 5.57. The molecule has 5 heteroatoms. The maximum Gasteiger partial charge on any atom is 0.319 e. The van der Waals surface area contributed by atoms with Gasteiger partial charge in [-0.15, -0.1) is 0 Å². The molecular formula is C18H21ClN2O2. The van der Waals surface area contributed by atoms with Crippen LogP contribution in [0.5, 0.6) is 0 Å². The summed E-state index contributed by atoms with van der Waals surface area (Å²) in [5, 5.41) is 6.32. The van der Waals surface area contributed by atoms with Crippen LogP contribution in [0.15, 0.2) is 48.5 Å². The average molecular weight is 333 g/mol. The highest BCUT2D eigenvalue weighted by atomic mass is 35.5. The van der Waals surface area contributed by atoms with E-state index in [1.165, 1.54) is 0 Å². The third kappa shape index (κ3) is 4.47. The van der Waals surface area contributed by atoms with Gasteiger partial charge in [-0.1, -0.05) is 41.9 Å². The van der Waals surface area contributed by atoms with Gasteiger partial charge in [0, 0.05) is 17.8 Å². The van der Waals surface area contributed by atoms with E-state index in [2.05, 4.69) is 10.6 Å². The highest BCUT2D eigenvalue weighted by Crippen LogP contribution is 2.26. The number of aryl methyl sites for hydroxylation is 1. The van der Waals surface area contributed by atoms with Crippen LogP contribution in [0.2, 0.25) is 5.02 Å². The number of ether oxygens (including phenoxy) is 1. The molecule has 2 aromatic rings. The van der Waals surface area contributed by atoms with E-state index >= 15 is 0 Å². The standard InChI is InChI=1S/C18H21ClN2O2/c1-13-7-4-5-10-16(13)21-17(22)20-12-18(2,23-3)14-8-6-9-15(19)11-14/h4-11H,12H2,1-3H3,(H2,20,21,22). The smallest absolute Gasteiger partial charge is 0.319 e. The molecule has 0 fully saturated rings. The number of anilines is 1. The van der Waals surface area contributed by atoms with Crippen LogP contribution in [0.1, 0.15) is 18.1 Å². The Kier molecular flexibility index (Phi) is 5.64. The van der Waals surface area contributed by atoms with Crippen molar-refractivity contribution < 1.29 is 9.53 Å². The lowest BCUT2D eigenvalue weighted by Gasteiger charge is -2.29. The van der Waals surface area contributed by atoms with Crippen molar-refractivity contribution in [3.8, 4) is 0 Å². The molecule has 2 N–H and O–H groups in total. The lowest BCUT2D eigenvalue weighted by atomic mass is 9.96. The van der Waals surface area contributed by atoms with Gasteiger partial charge in [0.25, 0.3) is 0 Å². The van der Waals surface area contributed by atoms with E-state index in [0.29, 0.717) is 11.6 Å². The Bertz CT molecular complexity index is 690. The molecule has 0 spiro atoms. The molecule has 1 unspecified atom stereocenters. The normalized spacial score (nSPS) is 13.2. The Morgan fingerprint density at radius 1 is 1.22 bits per heavy atom. The molecule has 0 aliphatic heterocycles. The van der Waals surface area contributed by atoms with Gasteiger partial charge in [-0.05, 0) is 43.2 Å². The summed E-state index contributed by atoms with van der Waals surface area (Å²) in [6.07, 6.45) is 0. The number of carbonyl (C=O) groups excluding carboxylic acids is 1. The second-order valence-corrected chi connectivity index (χ2v) is 6.00. The molecule has 0 saturated carbocycles. The van der Waals surface area contributed by atoms with Gasteiger partial charge in [0.1, 0.15) is 5.60 Å². The number of methoxy groups -OCH3 is 1. The predicted octanol–water partition coefficient (Wildman–Crippen LogP) is 4.33. The van der Waals surface area contributed by atoms with Crippen molar-refractivity contribution in [2.45, 2.75) is 19.4 Å². The van der Waals surface area contributed by atoms with Gasteiger partial charge in [-0.2, -0.15) is 0 Å². The van der Waals surface area contributed by atoms with Crippen molar-refractivity contribution >= 4 is 23.3 Å². The quantitative estimate of drug-likeness (QED) is 0.856. The van der Waals surface area contributed by atoms with Gasteiger partial charge in [0.15, 0.2) is 0 Å². The van der Waals surface area contributed by atoms with E-state index in [1.54, 1.807) is 13.2 Å². The lowest BCUT2D eigenvalue weighted by molar-refractivity contribution is 0.00521. The van der Waals surface area contributed by atoms with Crippen molar-refractivity contribution in [2.24, 2.45) is 0 Å². The van der Waals surface area contributed by atoms with Crippen molar-refractivity contribution in [3.63, 3.8) is 0 Å². The Labute approximate surface area is 141 Å². The number of hydrogen-bond donors (Lipinski definition) is 2. The Hall–Kier alpha value is -2.04. The first-order valence-corrected chi connectivity index (χ1v) is 7.74. The summed E-state index contributed by atoms with van der Waals surface area (Å²) >= 11 is 6.04. The fourth-order valence-corrected chi connectivity index (χ4v) is 2.43. The van der Waals surface area contributed by atoms with Gasteiger partial charge in [0.2, 0.25) is 0 Å². The molecule has 0 saturated heterocycles. The Balaban J connectivity index is 2.02. The summed E-state index contributed by atoms with van der Waals surface area (Å²) in [5.41, 5.74) is 2.04. The van der Waals surface area contributed by atoms with Gasteiger partial charge in [0.05, 0.1) is 6.54 Å². The van der Waals surface area contributed by atoms with Crippen LogP contribution in [0.4, 0.5) is 10.5 Å². The maximum atomic E-state index is 12.1. The van der Waals surface area contributed by atoms with Crippen molar-refractivity contribution in [1.29, 1.82) is 0 Å². The number of urea groups is 1. The van der Waals surface area contributed by atoms with Crippen LogP contribution in [0.25, 0.3) is 0 Å². The number of benzene rings is 2. The van der Waals surface area contributed by atoms with Gasteiger partial charge >= 0.3 is 6.03 Å². The SMILES string of the molecule is COC(C)(CNC(=O)Nc1ccccc1C)c1cccc(Cl)c1. The number of para-hydroxylation sites is 1. The fraction of sp³-hybridized carbons (Fsp3) is 0.278. The maximum absolute atomic E-state index is 12.1. The van der Waals surface area contributed by atoms with Crippen LogP contribution in [-0.2, 0) is 10.3 Å². The number of rotatable bonds is 5. The first-order valence-electron chi connectivity index (χ1n) is 7.36. The highest BCUT2D eigenvalue weighted by Gasteiger charge is 2.27. The third-order valence-electron chi connectivity index (χ3n) is 3.87. The summed E-state index contributed by atoms with van der Waals surface area (Å²) in [7, 11) is 1.61. The van der Waals surface area contributed by atoms with E-state index < -0.39 is 5.60 Å². The summed E-state index contributed by atoms with van der Waals surface area (Å²) in [5.74, 6) is 0. The minimum Gasteiger partial charge on any atom is -0.372 e. The topological polar surface area (TPSA) is 50.4 Å². The third-order valence-corrected chi connectivity index (χ3v) is 4.10. The molecule has 0 aromatic heterocycles. The Morgan fingerprint density at radius 2 is 1.96 bits per heavy atom. The highest BCUT2D eigenvalue weighted by molar-refractivity contribution is 6.30. The fourth-order valence-electron chi connectivity index (χ4n) is 2.24. The first kappa shape index (κ1) is 17.3. The number of halogens is 1. The molecule has 4 nitrogen and oxygen atoms in total. The summed E-state index contributed by atoms with van der Waals surface area (Å²) in [4.78, 5) is 12.1. The molecule has 0 aliphatic carbocycles. The predicted molar refractivity (Wildman–Crippen MR) is 94.0 cm³/mol. The van der Waals surface area contributed by atoms with Crippen molar-refractivity contribution in [3.05, 3.63) is 64.7 Å². The summed E-state index contributed by atoms with van der Waals surface area (Å²) in [6, 6.07) is 14.8. The lowest BCUT2D eigenvalue weighted by Crippen LogP contribution is -2.41. The van der Waals surface area contributed by atoms with E-state index in [-0.39, 0.29) is 6.03 Å². The largest absolute Gasteiger partial charge is 0.372 e. The molecule has 23 heavy (non-hydrogen) atoms. The molecule has 0 radical (unpaired) electrons. The molecule has 0 heterocycles. The molecule has 2 aromatic carbocycles. The summed E-state index contributed by atoms with van der Waals surface area (Å²) in [6.45, 7) is 4.18. The van der Waals surface area contributed by atoms with Crippen molar-refractivity contribution in [1.82, 2.24) is 5.32 Å². The summed E-state index contributed by atoms with van der Waals surface area (Å²) < 4.78 is 5.60. The first-order chi connectivity index (χ1) is 10.9. The van der Waals surface area contributed by atoms with E-state index in [4.69, 9.17) is 16.3 Å². The monoisotopic (exact) mass is 332 g/mol. The number of amides is 2. The number of carbonyl (C=O) groups is 1. The van der Waals surface area contributed by atoms with Crippen LogP contribution < -0.4 is 10.6 Å². The van der Waals surface area contributed by atoms with Gasteiger partial charge in [-0.3, -0.25) is 0 Å². The zero-order valence-electron chi connectivity index (χ0n) is 13.5. The number of nitrogens with one attached hydrogen (secondary N) is 2. The molecule has 0 aliphatic rings. The van der Waals surface area contributed by atoms with Crippen LogP contribution in [0.3, 0.4) is 0 Å². The van der Waals surface area contributed by atoms with E-state index in [9.17, 15) is 4.79 Å².